The summed E-state index contributed by atoms with van der Waals surface area (Å²) in [6.45, 7) is 2.11. The molecular weight excluding hydrogens is 320 g/mol. The van der Waals surface area contributed by atoms with E-state index in [0.29, 0.717) is 13.2 Å². The van der Waals surface area contributed by atoms with Crippen LogP contribution in [0.5, 0.6) is 0 Å². The highest BCUT2D eigenvalue weighted by Crippen LogP contribution is 2.25. The zero-order chi connectivity index (χ0) is 16.0. The summed E-state index contributed by atoms with van der Waals surface area (Å²) in [5, 5.41) is 9.13. The normalized spacial score (nSPS) is 11.6. The molecule has 1 rings (SSSR count). The maximum atomic E-state index is 12.2. The number of carboxylic acid groups (broad SMARTS) is 1. The Morgan fingerprint density at radius 1 is 1.29 bits per heavy atom. The molecule has 0 aliphatic heterocycles. The topological polar surface area (TPSA) is 89.9 Å². The Balaban J connectivity index is 2.95. The number of carboxylic acids is 1. The fraction of sp³-hybridized carbons (Fsp3) is 0.462. The number of sulfone groups is 1. The Kier molecular flexibility index (Phi) is 6.60. The lowest BCUT2D eigenvalue weighted by Crippen LogP contribution is -2.16. The highest BCUT2D eigenvalue weighted by atomic mass is 35.5. The molecule has 0 unspecified atom stereocenters. The molecule has 0 aromatic heterocycles. The number of ether oxygens (including phenoxy) is 2. The molecule has 8 heteroatoms. The van der Waals surface area contributed by atoms with Gasteiger partial charge in [0.05, 0.1) is 36.0 Å². The van der Waals surface area contributed by atoms with Crippen LogP contribution in [0.3, 0.4) is 0 Å². The molecule has 0 heterocycles. The molecule has 0 amide bonds. The summed E-state index contributed by atoms with van der Waals surface area (Å²) in [5.74, 6) is -1.47. The van der Waals surface area contributed by atoms with Gasteiger partial charge in [0.15, 0.2) is 9.84 Å². The minimum absolute atomic E-state index is 0.0000510. The van der Waals surface area contributed by atoms with Gasteiger partial charge in [0, 0.05) is 12.1 Å². The Morgan fingerprint density at radius 3 is 2.52 bits per heavy atom. The summed E-state index contributed by atoms with van der Waals surface area (Å²) in [6, 6.07) is 2.49. The summed E-state index contributed by atoms with van der Waals surface area (Å²) in [6.07, 6.45) is 0. The second kappa shape index (κ2) is 7.74. The van der Waals surface area contributed by atoms with Crippen molar-refractivity contribution in [3.05, 3.63) is 28.3 Å². The first-order chi connectivity index (χ1) is 9.79. The average Bonchev–Trinajstić information content (AvgIpc) is 2.40. The van der Waals surface area contributed by atoms with Crippen molar-refractivity contribution in [1.29, 1.82) is 0 Å². The fourth-order valence-corrected chi connectivity index (χ4v) is 3.45. The van der Waals surface area contributed by atoms with E-state index >= 15 is 0 Å². The number of halogens is 1. The maximum Gasteiger partial charge on any atom is 0.336 e. The number of hydrogen-bond acceptors (Lipinski definition) is 5. The minimum Gasteiger partial charge on any atom is -0.478 e. The Labute approximate surface area is 128 Å². The third-order valence-corrected chi connectivity index (χ3v) is 4.83. The summed E-state index contributed by atoms with van der Waals surface area (Å²) in [7, 11) is -2.15. The molecule has 0 spiro atoms. The number of hydrogen-bond donors (Lipinski definition) is 1. The van der Waals surface area contributed by atoms with Crippen LogP contribution in [0.15, 0.2) is 17.0 Å². The Hall–Kier alpha value is -1.15. The summed E-state index contributed by atoms with van der Waals surface area (Å²) in [5.41, 5.74) is 0.0465. The Morgan fingerprint density at radius 2 is 1.95 bits per heavy atom. The highest BCUT2D eigenvalue weighted by molar-refractivity contribution is 7.91. The van der Waals surface area contributed by atoms with Gasteiger partial charge in [0.2, 0.25) is 0 Å². The largest absolute Gasteiger partial charge is 0.478 e. The number of rotatable bonds is 8. The molecule has 6 nitrogen and oxygen atoms in total. The summed E-state index contributed by atoms with van der Waals surface area (Å²) in [4.78, 5) is 11.0. The van der Waals surface area contributed by atoms with E-state index in [9.17, 15) is 13.2 Å². The van der Waals surface area contributed by atoms with Crippen LogP contribution in [0.1, 0.15) is 15.9 Å². The molecule has 0 aliphatic carbocycles. The predicted octanol–water partition coefficient (Wildman–Crippen LogP) is 1.78. The number of carbonyl (C=O) groups is 1. The smallest absolute Gasteiger partial charge is 0.336 e. The molecule has 0 saturated heterocycles. The van der Waals surface area contributed by atoms with Crippen LogP contribution in [-0.2, 0) is 19.3 Å². The quantitative estimate of drug-likeness (QED) is 0.728. The van der Waals surface area contributed by atoms with Crippen LogP contribution in [0.2, 0.25) is 5.02 Å². The van der Waals surface area contributed by atoms with Crippen molar-refractivity contribution >= 4 is 27.4 Å². The van der Waals surface area contributed by atoms with Crippen molar-refractivity contribution in [2.45, 2.75) is 11.8 Å². The molecule has 0 bridgehead atoms. The van der Waals surface area contributed by atoms with E-state index < -0.39 is 15.8 Å². The first kappa shape index (κ1) is 17.9. The van der Waals surface area contributed by atoms with E-state index in [0.717, 1.165) is 0 Å². The molecule has 1 aromatic rings. The maximum absolute atomic E-state index is 12.2. The van der Waals surface area contributed by atoms with Gasteiger partial charge >= 0.3 is 5.97 Å². The molecule has 1 N–H and O–H groups in total. The van der Waals surface area contributed by atoms with E-state index in [1.807, 2.05) is 0 Å². The first-order valence-corrected chi connectivity index (χ1v) is 8.15. The van der Waals surface area contributed by atoms with Crippen molar-refractivity contribution in [2.24, 2.45) is 0 Å². The van der Waals surface area contributed by atoms with Crippen LogP contribution in [-0.4, -0.2) is 52.2 Å². The van der Waals surface area contributed by atoms with E-state index in [-0.39, 0.29) is 33.4 Å². The minimum atomic E-state index is -3.67. The van der Waals surface area contributed by atoms with Gasteiger partial charge < -0.3 is 14.6 Å². The van der Waals surface area contributed by atoms with Gasteiger partial charge in [0.25, 0.3) is 0 Å². The lowest BCUT2D eigenvalue weighted by atomic mass is 10.1. The SMILES string of the molecule is COCCOCCS(=O)(=O)c1cc(Cl)cc(C(=O)O)c1C. The van der Waals surface area contributed by atoms with Gasteiger partial charge in [-0.05, 0) is 24.6 Å². The van der Waals surface area contributed by atoms with Crippen molar-refractivity contribution in [2.75, 3.05) is 32.7 Å². The molecule has 0 atom stereocenters. The first-order valence-electron chi connectivity index (χ1n) is 6.12. The van der Waals surface area contributed by atoms with E-state index in [1.54, 1.807) is 0 Å². The van der Waals surface area contributed by atoms with Crippen LogP contribution in [0, 0.1) is 6.92 Å². The van der Waals surface area contributed by atoms with Crippen LogP contribution < -0.4 is 0 Å². The van der Waals surface area contributed by atoms with Crippen molar-refractivity contribution in [1.82, 2.24) is 0 Å². The highest BCUT2D eigenvalue weighted by Gasteiger charge is 2.22. The average molecular weight is 337 g/mol. The van der Waals surface area contributed by atoms with Gasteiger partial charge in [-0.25, -0.2) is 13.2 Å². The van der Waals surface area contributed by atoms with Crippen molar-refractivity contribution < 1.29 is 27.8 Å². The van der Waals surface area contributed by atoms with Crippen molar-refractivity contribution in [3.63, 3.8) is 0 Å². The van der Waals surface area contributed by atoms with Crippen LogP contribution in [0.25, 0.3) is 0 Å². The van der Waals surface area contributed by atoms with Crippen molar-refractivity contribution in [3.8, 4) is 0 Å². The standard InChI is InChI=1S/C13H17ClO6S/c1-9-11(13(15)16)7-10(14)8-12(9)21(17,18)6-5-20-4-3-19-2/h7-8H,3-6H2,1-2H3,(H,15,16). The molecule has 118 valence electrons. The third-order valence-electron chi connectivity index (χ3n) is 2.82. The lowest BCUT2D eigenvalue weighted by molar-refractivity contribution is 0.0696. The monoisotopic (exact) mass is 336 g/mol. The van der Waals surface area contributed by atoms with Gasteiger partial charge in [-0.1, -0.05) is 11.6 Å². The molecule has 1 aromatic carbocycles. The molecule has 0 radical (unpaired) electrons. The van der Waals surface area contributed by atoms with E-state index in [2.05, 4.69) is 0 Å². The van der Waals surface area contributed by atoms with Crippen LogP contribution >= 0.6 is 11.6 Å². The molecule has 0 saturated carbocycles. The molecule has 21 heavy (non-hydrogen) atoms. The van der Waals surface area contributed by atoms with E-state index in [4.69, 9.17) is 26.2 Å². The molecule has 0 aliphatic rings. The number of benzene rings is 1. The predicted molar refractivity (Wildman–Crippen MR) is 77.9 cm³/mol. The summed E-state index contributed by atoms with van der Waals surface area (Å²) < 4.78 is 34.4. The fourth-order valence-electron chi connectivity index (χ4n) is 1.72. The van der Waals surface area contributed by atoms with Gasteiger partial charge in [-0.3, -0.25) is 0 Å². The van der Waals surface area contributed by atoms with E-state index in [1.165, 1.54) is 26.2 Å². The number of aromatic carboxylic acids is 1. The Bertz CT molecular complexity index is 611. The lowest BCUT2D eigenvalue weighted by Gasteiger charge is -2.11. The third kappa shape index (κ3) is 4.96. The second-order valence-corrected chi connectivity index (χ2v) is 6.82. The van der Waals surface area contributed by atoms with Gasteiger partial charge in [0.1, 0.15) is 0 Å². The molecular formula is C13H17ClO6S. The molecule has 0 fully saturated rings. The van der Waals surface area contributed by atoms with Crippen LogP contribution in [0.4, 0.5) is 0 Å². The zero-order valence-corrected chi connectivity index (χ0v) is 13.3. The summed E-state index contributed by atoms with van der Waals surface area (Å²) >= 11 is 5.80. The second-order valence-electron chi connectivity index (χ2n) is 4.31. The zero-order valence-electron chi connectivity index (χ0n) is 11.8. The van der Waals surface area contributed by atoms with Gasteiger partial charge in [-0.15, -0.1) is 0 Å². The van der Waals surface area contributed by atoms with Gasteiger partial charge in [-0.2, -0.15) is 0 Å². The number of methoxy groups -OCH3 is 1.